The summed E-state index contributed by atoms with van der Waals surface area (Å²) in [6.07, 6.45) is 1.04. The van der Waals surface area contributed by atoms with Gasteiger partial charge in [-0.05, 0) is 6.92 Å². The van der Waals surface area contributed by atoms with Crippen molar-refractivity contribution in [3.8, 4) is 0 Å². The predicted molar refractivity (Wildman–Crippen MR) is 69.0 cm³/mol. The van der Waals surface area contributed by atoms with Gasteiger partial charge in [-0.2, -0.15) is 0 Å². The molecule has 2 aromatic heterocycles. The number of carbonyl (C=O) groups excluding carboxylic acids is 1. The van der Waals surface area contributed by atoms with Gasteiger partial charge in [0.05, 0.1) is 24.8 Å². The highest BCUT2D eigenvalue weighted by Crippen LogP contribution is 2.12. The number of pyridine rings is 1. The molecule has 2 heterocycles. The quantitative estimate of drug-likeness (QED) is 0.466. The molecule has 0 fully saturated rings. The molecule has 0 aliphatic rings. The number of aryl methyl sites for hydroxylation is 1. The van der Waals surface area contributed by atoms with E-state index in [0.29, 0.717) is 11.5 Å². The van der Waals surface area contributed by atoms with E-state index in [9.17, 15) is 19.7 Å². The monoisotopic (exact) mass is 293 g/mol. The zero-order valence-corrected chi connectivity index (χ0v) is 11.2. The van der Waals surface area contributed by atoms with E-state index in [1.165, 1.54) is 0 Å². The van der Waals surface area contributed by atoms with Crippen LogP contribution < -0.4 is 5.56 Å². The van der Waals surface area contributed by atoms with Gasteiger partial charge in [-0.3, -0.25) is 14.9 Å². The Labute approximate surface area is 117 Å². The predicted octanol–water partition coefficient (Wildman–Crippen LogP) is 0.888. The highest BCUT2D eigenvalue weighted by atomic mass is 16.6. The lowest BCUT2D eigenvalue weighted by Gasteiger charge is -2.05. The van der Waals surface area contributed by atoms with Gasteiger partial charge in [0.1, 0.15) is 17.0 Å². The molecule has 0 radical (unpaired) electrons. The number of carbonyl (C=O) groups is 1. The van der Waals surface area contributed by atoms with Crippen molar-refractivity contribution in [1.29, 1.82) is 0 Å². The first-order chi connectivity index (χ1) is 9.92. The first kappa shape index (κ1) is 14.4. The van der Waals surface area contributed by atoms with Gasteiger partial charge in [0.15, 0.2) is 0 Å². The molecular formula is C12H11N3O6. The van der Waals surface area contributed by atoms with E-state index >= 15 is 0 Å². The molecule has 0 saturated carbocycles. The molecule has 0 aliphatic heterocycles. The van der Waals surface area contributed by atoms with Gasteiger partial charge >= 0.3 is 5.97 Å². The first-order valence-electron chi connectivity index (χ1n) is 5.81. The SMILES string of the molecule is COC(=O)c1cc([N+](=O)[O-])cn(Cc2cc(C)on2)c1=O. The fourth-order valence-corrected chi connectivity index (χ4v) is 1.76. The number of nitrogens with zero attached hydrogens (tertiary/aromatic N) is 3. The molecule has 9 nitrogen and oxygen atoms in total. The maximum absolute atomic E-state index is 12.1. The Hall–Kier alpha value is -2.97. The van der Waals surface area contributed by atoms with Crippen LogP contribution >= 0.6 is 0 Å². The summed E-state index contributed by atoms with van der Waals surface area (Å²) in [5.41, 5.74) is -1.10. The third-order valence-electron chi connectivity index (χ3n) is 2.70. The van der Waals surface area contributed by atoms with Crippen LogP contribution in [0.15, 0.2) is 27.6 Å². The van der Waals surface area contributed by atoms with E-state index in [0.717, 1.165) is 23.9 Å². The number of hydrogen-bond donors (Lipinski definition) is 0. The van der Waals surface area contributed by atoms with Gasteiger partial charge in [0.25, 0.3) is 11.2 Å². The van der Waals surface area contributed by atoms with E-state index < -0.39 is 27.7 Å². The summed E-state index contributed by atoms with van der Waals surface area (Å²) in [7, 11) is 1.09. The van der Waals surface area contributed by atoms with Crippen molar-refractivity contribution in [3.05, 3.63) is 55.8 Å². The Morgan fingerprint density at radius 3 is 2.76 bits per heavy atom. The smallest absolute Gasteiger partial charge is 0.343 e. The van der Waals surface area contributed by atoms with Crippen LogP contribution in [0.3, 0.4) is 0 Å². The van der Waals surface area contributed by atoms with Crippen LogP contribution in [0.5, 0.6) is 0 Å². The molecule has 0 spiro atoms. The molecule has 2 aromatic rings. The average Bonchev–Trinajstić information content (AvgIpc) is 2.85. The lowest BCUT2D eigenvalue weighted by Crippen LogP contribution is -2.27. The molecule has 2 rings (SSSR count). The van der Waals surface area contributed by atoms with Crippen LogP contribution in [0.4, 0.5) is 5.69 Å². The van der Waals surface area contributed by atoms with Crippen molar-refractivity contribution in [2.24, 2.45) is 0 Å². The molecule has 0 aromatic carbocycles. The van der Waals surface area contributed by atoms with Crippen molar-refractivity contribution in [3.63, 3.8) is 0 Å². The fraction of sp³-hybridized carbons (Fsp3) is 0.250. The zero-order chi connectivity index (χ0) is 15.6. The summed E-state index contributed by atoms with van der Waals surface area (Å²) in [4.78, 5) is 33.9. The Balaban J connectivity index is 2.53. The molecule has 110 valence electrons. The zero-order valence-electron chi connectivity index (χ0n) is 11.2. The van der Waals surface area contributed by atoms with Crippen molar-refractivity contribution in [2.45, 2.75) is 13.5 Å². The van der Waals surface area contributed by atoms with Crippen molar-refractivity contribution >= 4 is 11.7 Å². The fourth-order valence-electron chi connectivity index (χ4n) is 1.76. The van der Waals surface area contributed by atoms with Gasteiger partial charge < -0.3 is 13.8 Å². The molecule has 0 atom stereocenters. The summed E-state index contributed by atoms with van der Waals surface area (Å²) in [6.45, 7) is 1.62. The summed E-state index contributed by atoms with van der Waals surface area (Å²) >= 11 is 0. The minimum Gasteiger partial charge on any atom is -0.465 e. The summed E-state index contributed by atoms with van der Waals surface area (Å²) in [6, 6.07) is 2.47. The van der Waals surface area contributed by atoms with Crippen molar-refractivity contribution < 1.29 is 19.0 Å². The topological polar surface area (TPSA) is 117 Å². The van der Waals surface area contributed by atoms with Gasteiger partial charge in [0, 0.05) is 12.1 Å². The second-order valence-corrected chi connectivity index (χ2v) is 4.22. The number of aromatic nitrogens is 2. The second-order valence-electron chi connectivity index (χ2n) is 4.22. The van der Waals surface area contributed by atoms with Gasteiger partial charge in [-0.1, -0.05) is 5.16 Å². The Morgan fingerprint density at radius 1 is 1.52 bits per heavy atom. The molecular weight excluding hydrogens is 282 g/mol. The number of nitro groups is 1. The number of rotatable bonds is 4. The van der Waals surface area contributed by atoms with Crippen LogP contribution in [-0.2, 0) is 11.3 Å². The normalized spacial score (nSPS) is 10.4. The van der Waals surface area contributed by atoms with Crippen molar-refractivity contribution in [2.75, 3.05) is 7.11 Å². The molecule has 0 N–H and O–H groups in total. The Bertz CT molecular complexity index is 761. The number of methoxy groups -OCH3 is 1. The van der Waals surface area contributed by atoms with Crippen LogP contribution in [-0.4, -0.2) is 27.7 Å². The third kappa shape index (κ3) is 2.96. The third-order valence-corrected chi connectivity index (χ3v) is 2.70. The molecule has 0 amide bonds. The molecule has 0 bridgehead atoms. The van der Waals surface area contributed by atoms with E-state index in [-0.39, 0.29) is 6.54 Å². The van der Waals surface area contributed by atoms with Crippen molar-refractivity contribution in [1.82, 2.24) is 9.72 Å². The number of ether oxygens (including phenoxy) is 1. The highest BCUT2D eigenvalue weighted by Gasteiger charge is 2.20. The lowest BCUT2D eigenvalue weighted by molar-refractivity contribution is -0.385. The Kier molecular flexibility index (Phi) is 3.83. The molecule has 0 unspecified atom stereocenters. The summed E-state index contributed by atoms with van der Waals surface area (Å²) in [5, 5.41) is 14.6. The maximum atomic E-state index is 12.1. The van der Waals surface area contributed by atoms with Crippen LogP contribution in [0.2, 0.25) is 0 Å². The van der Waals surface area contributed by atoms with Gasteiger partial charge in [-0.15, -0.1) is 0 Å². The van der Waals surface area contributed by atoms with Gasteiger partial charge in [-0.25, -0.2) is 4.79 Å². The number of esters is 1. The number of hydrogen-bond acceptors (Lipinski definition) is 7. The minimum absolute atomic E-state index is 0.0537. The maximum Gasteiger partial charge on any atom is 0.343 e. The Morgan fingerprint density at radius 2 is 2.24 bits per heavy atom. The lowest BCUT2D eigenvalue weighted by atomic mass is 10.2. The van der Waals surface area contributed by atoms with Crippen LogP contribution in [0, 0.1) is 17.0 Å². The summed E-state index contributed by atoms with van der Waals surface area (Å²) < 4.78 is 10.3. The largest absolute Gasteiger partial charge is 0.465 e. The average molecular weight is 293 g/mol. The van der Waals surface area contributed by atoms with Crippen LogP contribution in [0.25, 0.3) is 0 Å². The minimum atomic E-state index is -0.936. The molecule has 0 saturated heterocycles. The highest BCUT2D eigenvalue weighted by molar-refractivity contribution is 5.89. The molecule has 21 heavy (non-hydrogen) atoms. The van der Waals surface area contributed by atoms with E-state index in [2.05, 4.69) is 9.89 Å². The first-order valence-corrected chi connectivity index (χ1v) is 5.81. The summed E-state index contributed by atoms with van der Waals surface area (Å²) in [5.74, 6) is -0.398. The van der Waals surface area contributed by atoms with E-state index in [1.807, 2.05) is 0 Å². The van der Waals surface area contributed by atoms with Gasteiger partial charge in [0.2, 0.25) is 0 Å². The second kappa shape index (κ2) is 5.57. The van der Waals surface area contributed by atoms with Crippen LogP contribution in [0.1, 0.15) is 21.8 Å². The van der Waals surface area contributed by atoms with E-state index in [1.54, 1.807) is 13.0 Å². The molecule has 0 aliphatic carbocycles. The molecule has 9 heteroatoms. The standard InChI is InChI=1S/C12H11N3O6/c1-7-3-8(13-21-7)5-14-6-9(15(18)19)4-10(11(14)16)12(17)20-2/h3-4,6H,5H2,1-2H3. The van der Waals surface area contributed by atoms with E-state index in [4.69, 9.17) is 4.52 Å².